The Labute approximate surface area is 172 Å². The van der Waals surface area contributed by atoms with Crippen molar-refractivity contribution < 1.29 is 23.7 Å². The zero-order chi connectivity index (χ0) is 21.7. The van der Waals surface area contributed by atoms with E-state index < -0.39 is 10.8 Å². The predicted octanol–water partition coefficient (Wildman–Crippen LogP) is 1.65. The minimum absolute atomic E-state index is 0.101. The van der Waals surface area contributed by atoms with Crippen LogP contribution in [0.2, 0.25) is 0 Å². The Morgan fingerprint density at radius 2 is 1.97 bits per heavy atom. The second-order valence-corrected chi connectivity index (χ2v) is 7.05. The van der Waals surface area contributed by atoms with Crippen LogP contribution >= 0.6 is 0 Å². The highest BCUT2D eigenvalue weighted by atomic mass is 16.6. The molecule has 0 aliphatic carbocycles. The molecule has 0 spiro atoms. The van der Waals surface area contributed by atoms with Crippen molar-refractivity contribution in [2.75, 3.05) is 19.6 Å². The number of nitro benzene ring substituents is 1. The zero-order valence-corrected chi connectivity index (χ0v) is 16.4. The molecule has 2 heterocycles. The highest BCUT2D eigenvalue weighted by molar-refractivity contribution is 5.97. The van der Waals surface area contributed by atoms with E-state index in [9.17, 15) is 24.5 Å². The number of nitro groups is 1. The SMILES string of the molecule is Cc1ccc(C(=O)NCC(=O)NC2CCN(C(=O)c3ccco3)CC2)cc1[N+](=O)[O-]. The number of piperidine rings is 1. The van der Waals surface area contributed by atoms with Crippen LogP contribution in [0.25, 0.3) is 0 Å². The first-order valence-electron chi connectivity index (χ1n) is 9.50. The van der Waals surface area contributed by atoms with E-state index in [4.69, 9.17) is 4.42 Å². The van der Waals surface area contributed by atoms with Gasteiger partial charge in [-0.15, -0.1) is 0 Å². The average Bonchev–Trinajstić information content (AvgIpc) is 3.27. The maximum absolute atomic E-state index is 12.2. The third-order valence-electron chi connectivity index (χ3n) is 4.96. The molecule has 1 aliphatic rings. The normalized spacial score (nSPS) is 14.2. The topological polar surface area (TPSA) is 135 Å². The molecule has 1 aromatic heterocycles. The van der Waals surface area contributed by atoms with Crippen LogP contribution in [0.1, 0.15) is 39.3 Å². The zero-order valence-electron chi connectivity index (χ0n) is 16.4. The van der Waals surface area contributed by atoms with Crippen LogP contribution in [0, 0.1) is 17.0 Å². The summed E-state index contributed by atoms with van der Waals surface area (Å²) in [5.41, 5.74) is 0.416. The Bertz CT molecular complexity index is 948. The number of benzene rings is 1. The summed E-state index contributed by atoms with van der Waals surface area (Å²) in [6.45, 7) is 2.32. The van der Waals surface area contributed by atoms with Crippen molar-refractivity contribution in [2.45, 2.75) is 25.8 Å². The highest BCUT2D eigenvalue weighted by Crippen LogP contribution is 2.19. The summed E-state index contributed by atoms with van der Waals surface area (Å²) in [7, 11) is 0. The van der Waals surface area contributed by atoms with Gasteiger partial charge in [0.25, 0.3) is 17.5 Å². The van der Waals surface area contributed by atoms with Gasteiger partial charge in [0.1, 0.15) is 0 Å². The number of nitrogens with zero attached hydrogens (tertiary/aromatic N) is 2. The third kappa shape index (κ3) is 5.02. The Hall–Kier alpha value is -3.69. The minimum Gasteiger partial charge on any atom is -0.459 e. The second kappa shape index (κ2) is 9.21. The van der Waals surface area contributed by atoms with Gasteiger partial charge in [-0.1, -0.05) is 6.07 Å². The van der Waals surface area contributed by atoms with Crippen molar-refractivity contribution in [3.05, 3.63) is 63.6 Å². The maximum atomic E-state index is 12.2. The minimum atomic E-state index is -0.563. The summed E-state index contributed by atoms with van der Waals surface area (Å²) < 4.78 is 5.12. The van der Waals surface area contributed by atoms with Crippen molar-refractivity contribution in [2.24, 2.45) is 0 Å². The summed E-state index contributed by atoms with van der Waals surface area (Å²) in [5.74, 6) is -0.811. The number of likely N-dealkylation sites (tertiary alicyclic amines) is 1. The van der Waals surface area contributed by atoms with Crippen LogP contribution < -0.4 is 10.6 Å². The molecule has 0 atom stereocenters. The van der Waals surface area contributed by atoms with Crippen molar-refractivity contribution in [3.8, 4) is 0 Å². The molecule has 3 rings (SSSR count). The molecule has 0 radical (unpaired) electrons. The van der Waals surface area contributed by atoms with E-state index in [0.29, 0.717) is 31.5 Å². The smallest absolute Gasteiger partial charge is 0.289 e. The van der Waals surface area contributed by atoms with Crippen molar-refractivity contribution >= 4 is 23.4 Å². The third-order valence-corrected chi connectivity index (χ3v) is 4.96. The lowest BCUT2D eigenvalue weighted by Crippen LogP contribution is -2.48. The van der Waals surface area contributed by atoms with Gasteiger partial charge in [-0.3, -0.25) is 24.5 Å². The van der Waals surface area contributed by atoms with Gasteiger partial charge in [-0.25, -0.2) is 0 Å². The number of hydrogen-bond donors (Lipinski definition) is 2. The first-order chi connectivity index (χ1) is 14.3. The molecule has 10 nitrogen and oxygen atoms in total. The fourth-order valence-electron chi connectivity index (χ4n) is 3.27. The molecule has 0 unspecified atom stereocenters. The van der Waals surface area contributed by atoms with E-state index in [0.717, 1.165) is 0 Å². The number of amides is 3. The molecule has 0 saturated carbocycles. The molecule has 1 fully saturated rings. The van der Waals surface area contributed by atoms with Gasteiger partial charge < -0.3 is 20.0 Å². The van der Waals surface area contributed by atoms with E-state index in [2.05, 4.69) is 10.6 Å². The summed E-state index contributed by atoms with van der Waals surface area (Å²) in [5, 5.41) is 16.3. The molecular weight excluding hydrogens is 392 g/mol. The van der Waals surface area contributed by atoms with Gasteiger partial charge in [-0.05, 0) is 38.0 Å². The van der Waals surface area contributed by atoms with Gasteiger partial charge in [0.2, 0.25) is 5.91 Å². The first-order valence-corrected chi connectivity index (χ1v) is 9.50. The van der Waals surface area contributed by atoms with E-state index in [1.54, 1.807) is 24.0 Å². The summed E-state index contributed by atoms with van der Waals surface area (Å²) in [6.07, 6.45) is 2.63. The molecule has 30 heavy (non-hydrogen) atoms. The van der Waals surface area contributed by atoms with Crippen LogP contribution in [0.15, 0.2) is 41.0 Å². The van der Waals surface area contributed by atoms with Crippen LogP contribution in [0.5, 0.6) is 0 Å². The van der Waals surface area contributed by atoms with Crippen LogP contribution in [0.3, 0.4) is 0 Å². The molecule has 1 aromatic carbocycles. The number of hydrogen-bond acceptors (Lipinski definition) is 6. The largest absolute Gasteiger partial charge is 0.459 e. The Balaban J connectivity index is 1.44. The molecule has 10 heteroatoms. The monoisotopic (exact) mass is 414 g/mol. The van der Waals surface area contributed by atoms with Gasteiger partial charge in [0.15, 0.2) is 5.76 Å². The maximum Gasteiger partial charge on any atom is 0.289 e. The number of carbonyl (C=O) groups is 3. The molecule has 0 bridgehead atoms. The fraction of sp³-hybridized carbons (Fsp3) is 0.350. The Kier molecular flexibility index (Phi) is 6.45. The predicted molar refractivity (Wildman–Crippen MR) is 106 cm³/mol. The van der Waals surface area contributed by atoms with Gasteiger partial charge in [0, 0.05) is 36.3 Å². The summed E-state index contributed by atoms with van der Waals surface area (Å²) >= 11 is 0. The standard InChI is InChI=1S/C20H22N4O6/c1-13-4-5-14(11-16(13)24(28)29)19(26)21-12-18(25)22-15-6-8-23(9-7-15)20(27)17-3-2-10-30-17/h2-5,10-11,15H,6-9,12H2,1H3,(H,21,26)(H,22,25). The molecule has 3 amide bonds. The van der Waals surface area contributed by atoms with Gasteiger partial charge in [0.05, 0.1) is 17.7 Å². The van der Waals surface area contributed by atoms with Crippen molar-refractivity contribution in [3.63, 3.8) is 0 Å². The molecule has 1 saturated heterocycles. The van der Waals surface area contributed by atoms with E-state index in [1.807, 2.05) is 0 Å². The van der Waals surface area contributed by atoms with E-state index in [1.165, 1.54) is 24.5 Å². The number of nitrogens with one attached hydrogen (secondary N) is 2. The lowest BCUT2D eigenvalue weighted by Gasteiger charge is -2.31. The van der Waals surface area contributed by atoms with Crippen LogP contribution in [-0.4, -0.2) is 53.2 Å². The van der Waals surface area contributed by atoms with Crippen LogP contribution in [0.4, 0.5) is 5.69 Å². The lowest BCUT2D eigenvalue weighted by atomic mass is 10.0. The molecule has 1 aliphatic heterocycles. The van der Waals surface area contributed by atoms with Gasteiger partial charge >= 0.3 is 0 Å². The Morgan fingerprint density at radius 1 is 1.23 bits per heavy atom. The van der Waals surface area contributed by atoms with E-state index in [-0.39, 0.29) is 41.4 Å². The molecule has 158 valence electrons. The molecular formula is C20H22N4O6. The molecule has 2 aromatic rings. The van der Waals surface area contributed by atoms with E-state index >= 15 is 0 Å². The van der Waals surface area contributed by atoms with Crippen LogP contribution in [-0.2, 0) is 4.79 Å². The highest BCUT2D eigenvalue weighted by Gasteiger charge is 2.26. The van der Waals surface area contributed by atoms with Crippen molar-refractivity contribution in [1.82, 2.24) is 15.5 Å². The second-order valence-electron chi connectivity index (χ2n) is 7.05. The quantitative estimate of drug-likeness (QED) is 0.545. The number of aryl methyl sites for hydroxylation is 1. The summed E-state index contributed by atoms with van der Waals surface area (Å²) in [6, 6.07) is 7.32. The van der Waals surface area contributed by atoms with Gasteiger partial charge in [-0.2, -0.15) is 0 Å². The number of furan rings is 1. The average molecular weight is 414 g/mol. The lowest BCUT2D eigenvalue weighted by molar-refractivity contribution is -0.385. The Morgan fingerprint density at radius 3 is 2.60 bits per heavy atom. The summed E-state index contributed by atoms with van der Waals surface area (Å²) in [4.78, 5) is 48.7. The number of carbonyl (C=O) groups excluding carboxylic acids is 3. The fourth-order valence-corrected chi connectivity index (χ4v) is 3.27. The molecule has 2 N–H and O–H groups in total. The number of rotatable bonds is 6. The first kappa shape index (κ1) is 21.0. The van der Waals surface area contributed by atoms with Crippen molar-refractivity contribution in [1.29, 1.82) is 0 Å².